The third-order valence-corrected chi connectivity index (χ3v) is 2.68. The van der Waals surface area contributed by atoms with Gasteiger partial charge in [0.05, 0.1) is 5.02 Å². The Morgan fingerprint density at radius 1 is 1.25 bits per heavy atom. The SMILES string of the molecule is Nc1cc(Cl)c(Oc2ccc(F)cc2F)c(C(=O)O)c1. The summed E-state index contributed by atoms with van der Waals surface area (Å²) >= 11 is 5.85. The van der Waals surface area contributed by atoms with Crippen molar-refractivity contribution in [3.05, 3.63) is 52.6 Å². The van der Waals surface area contributed by atoms with Crippen molar-refractivity contribution < 1.29 is 23.4 Å². The Hall–Kier alpha value is -2.34. The number of nitrogens with two attached hydrogens (primary N) is 1. The minimum absolute atomic E-state index is 0.0916. The van der Waals surface area contributed by atoms with Gasteiger partial charge in [-0.1, -0.05) is 11.6 Å². The van der Waals surface area contributed by atoms with Crippen molar-refractivity contribution >= 4 is 23.3 Å². The van der Waals surface area contributed by atoms with Crippen LogP contribution in [0.3, 0.4) is 0 Å². The molecule has 2 aromatic carbocycles. The summed E-state index contributed by atoms with van der Waals surface area (Å²) in [5, 5.41) is 8.97. The maximum Gasteiger partial charge on any atom is 0.339 e. The summed E-state index contributed by atoms with van der Waals surface area (Å²) in [6, 6.07) is 5.02. The minimum Gasteiger partial charge on any atom is -0.478 e. The van der Waals surface area contributed by atoms with Gasteiger partial charge in [-0.25, -0.2) is 13.6 Å². The topological polar surface area (TPSA) is 72.5 Å². The predicted molar refractivity (Wildman–Crippen MR) is 69.3 cm³/mol. The largest absolute Gasteiger partial charge is 0.478 e. The molecule has 0 aliphatic carbocycles. The normalized spacial score (nSPS) is 10.3. The number of ether oxygens (including phenoxy) is 1. The number of anilines is 1. The predicted octanol–water partition coefficient (Wildman–Crippen LogP) is 3.69. The first kappa shape index (κ1) is 14.1. The summed E-state index contributed by atoms with van der Waals surface area (Å²) < 4.78 is 31.4. The standard InChI is InChI=1S/C13H8ClF2NO3/c14-9-5-7(17)4-8(13(18)19)12(9)20-11-2-1-6(15)3-10(11)16/h1-5H,17H2,(H,18,19). The van der Waals surface area contributed by atoms with Crippen LogP contribution in [0.1, 0.15) is 10.4 Å². The van der Waals surface area contributed by atoms with E-state index in [1.807, 2.05) is 0 Å². The number of carboxylic acids is 1. The summed E-state index contributed by atoms with van der Waals surface area (Å²) in [5.74, 6) is -3.71. The number of halogens is 3. The number of hydrogen-bond acceptors (Lipinski definition) is 3. The minimum atomic E-state index is -1.34. The molecule has 0 saturated carbocycles. The van der Waals surface area contributed by atoms with Gasteiger partial charge in [0.25, 0.3) is 0 Å². The smallest absolute Gasteiger partial charge is 0.339 e. The first-order valence-corrected chi connectivity index (χ1v) is 5.71. The Labute approximate surface area is 117 Å². The lowest BCUT2D eigenvalue weighted by Gasteiger charge is -2.12. The Balaban J connectivity index is 2.50. The Kier molecular flexibility index (Phi) is 3.76. The van der Waals surface area contributed by atoms with Crippen LogP contribution in [0.15, 0.2) is 30.3 Å². The van der Waals surface area contributed by atoms with Gasteiger partial charge in [0.2, 0.25) is 0 Å². The third-order valence-electron chi connectivity index (χ3n) is 2.40. The molecule has 7 heteroatoms. The van der Waals surface area contributed by atoms with Crippen LogP contribution in [0, 0.1) is 11.6 Å². The van der Waals surface area contributed by atoms with E-state index in [9.17, 15) is 13.6 Å². The highest BCUT2D eigenvalue weighted by molar-refractivity contribution is 6.33. The molecule has 0 unspecified atom stereocenters. The molecule has 104 valence electrons. The molecule has 0 atom stereocenters. The van der Waals surface area contributed by atoms with Gasteiger partial charge < -0.3 is 15.6 Å². The number of nitrogen functional groups attached to an aromatic ring is 1. The zero-order chi connectivity index (χ0) is 14.9. The van der Waals surface area contributed by atoms with Crippen molar-refractivity contribution in [3.63, 3.8) is 0 Å². The van der Waals surface area contributed by atoms with Crippen LogP contribution < -0.4 is 10.5 Å². The third kappa shape index (κ3) is 2.80. The van der Waals surface area contributed by atoms with E-state index in [1.54, 1.807) is 0 Å². The second-order valence-corrected chi connectivity index (χ2v) is 4.27. The Bertz CT molecular complexity index is 692. The fraction of sp³-hybridized carbons (Fsp3) is 0. The van der Waals surface area contributed by atoms with Gasteiger partial charge >= 0.3 is 5.97 Å². The monoisotopic (exact) mass is 299 g/mol. The van der Waals surface area contributed by atoms with E-state index in [-0.39, 0.29) is 27.8 Å². The summed E-state index contributed by atoms with van der Waals surface area (Å²) in [6.07, 6.45) is 0. The van der Waals surface area contributed by atoms with Gasteiger partial charge in [0.15, 0.2) is 17.3 Å². The summed E-state index contributed by atoms with van der Waals surface area (Å²) in [4.78, 5) is 11.1. The van der Waals surface area contributed by atoms with E-state index in [2.05, 4.69) is 0 Å². The van der Waals surface area contributed by atoms with E-state index >= 15 is 0 Å². The van der Waals surface area contributed by atoms with E-state index in [1.165, 1.54) is 6.07 Å². The molecule has 0 amide bonds. The number of rotatable bonds is 3. The van der Waals surface area contributed by atoms with Crippen LogP contribution >= 0.6 is 11.6 Å². The molecule has 0 aliphatic rings. The van der Waals surface area contributed by atoms with E-state index in [4.69, 9.17) is 27.2 Å². The molecule has 4 nitrogen and oxygen atoms in total. The molecule has 0 saturated heterocycles. The zero-order valence-electron chi connectivity index (χ0n) is 9.86. The number of hydrogen-bond donors (Lipinski definition) is 2. The van der Waals surface area contributed by atoms with Gasteiger partial charge in [-0.3, -0.25) is 0 Å². The van der Waals surface area contributed by atoms with Gasteiger partial charge in [0.1, 0.15) is 11.4 Å². The fourth-order valence-corrected chi connectivity index (χ4v) is 1.81. The van der Waals surface area contributed by atoms with Gasteiger partial charge in [-0.15, -0.1) is 0 Å². The molecule has 0 spiro atoms. The average molecular weight is 300 g/mol. The molecule has 0 aromatic heterocycles. The zero-order valence-corrected chi connectivity index (χ0v) is 10.6. The van der Waals surface area contributed by atoms with Crippen molar-refractivity contribution in [1.29, 1.82) is 0 Å². The van der Waals surface area contributed by atoms with Crippen LogP contribution in [0.25, 0.3) is 0 Å². The van der Waals surface area contributed by atoms with Gasteiger partial charge in [-0.2, -0.15) is 0 Å². The lowest BCUT2D eigenvalue weighted by molar-refractivity contribution is 0.0694. The van der Waals surface area contributed by atoms with E-state index in [0.29, 0.717) is 6.07 Å². The molecule has 0 heterocycles. The number of benzene rings is 2. The molecule has 0 radical (unpaired) electrons. The van der Waals surface area contributed by atoms with Gasteiger partial charge in [0, 0.05) is 11.8 Å². The molecular formula is C13H8ClF2NO3. The van der Waals surface area contributed by atoms with Crippen molar-refractivity contribution in [1.82, 2.24) is 0 Å². The van der Waals surface area contributed by atoms with E-state index in [0.717, 1.165) is 18.2 Å². The van der Waals surface area contributed by atoms with Gasteiger partial charge in [-0.05, 0) is 24.3 Å². The molecule has 3 N–H and O–H groups in total. The number of carbonyl (C=O) groups is 1. The van der Waals surface area contributed by atoms with Crippen LogP contribution in [-0.4, -0.2) is 11.1 Å². The first-order valence-electron chi connectivity index (χ1n) is 5.33. The van der Waals surface area contributed by atoms with E-state index < -0.39 is 17.6 Å². The molecule has 0 aliphatic heterocycles. The van der Waals surface area contributed by atoms with Crippen LogP contribution in [-0.2, 0) is 0 Å². The Morgan fingerprint density at radius 3 is 2.55 bits per heavy atom. The maximum atomic E-state index is 13.5. The second-order valence-electron chi connectivity index (χ2n) is 3.86. The quantitative estimate of drug-likeness (QED) is 0.848. The Morgan fingerprint density at radius 2 is 1.95 bits per heavy atom. The first-order chi connectivity index (χ1) is 9.38. The van der Waals surface area contributed by atoms with Crippen molar-refractivity contribution in [2.24, 2.45) is 0 Å². The second kappa shape index (κ2) is 5.34. The maximum absolute atomic E-state index is 13.5. The highest BCUT2D eigenvalue weighted by Crippen LogP contribution is 2.36. The molecule has 2 rings (SSSR count). The van der Waals surface area contributed by atoms with Crippen LogP contribution in [0.2, 0.25) is 5.02 Å². The molecule has 20 heavy (non-hydrogen) atoms. The average Bonchev–Trinajstić information content (AvgIpc) is 2.34. The summed E-state index contributed by atoms with van der Waals surface area (Å²) in [6.45, 7) is 0. The fourth-order valence-electron chi connectivity index (χ4n) is 1.54. The van der Waals surface area contributed by atoms with Crippen molar-refractivity contribution in [2.75, 3.05) is 5.73 Å². The molecule has 2 aromatic rings. The van der Waals surface area contributed by atoms with Crippen LogP contribution in [0.5, 0.6) is 11.5 Å². The highest BCUT2D eigenvalue weighted by Gasteiger charge is 2.18. The highest BCUT2D eigenvalue weighted by atomic mass is 35.5. The number of carboxylic acid groups (broad SMARTS) is 1. The summed E-state index contributed by atoms with van der Waals surface area (Å²) in [7, 11) is 0. The molecule has 0 fully saturated rings. The molecular weight excluding hydrogens is 292 g/mol. The van der Waals surface area contributed by atoms with Crippen molar-refractivity contribution in [2.45, 2.75) is 0 Å². The number of aromatic carboxylic acids is 1. The summed E-state index contributed by atoms with van der Waals surface area (Å²) in [5.41, 5.74) is 5.29. The lowest BCUT2D eigenvalue weighted by Crippen LogP contribution is -2.03. The van der Waals surface area contributed by atoms with Crippen LogP contribution in [0.4, 0.5) is 14.5 Å². The lowest BCUT2D eigenvalue weighted by atomic mass is 10.1. The van der Waals surface area contributed by atoms with Crippen molar-refractivity contribution in [3.8, 4) is 11.5 Å². The molecule has 0 bridgehead atoms.